The third-order valence-corrected chi connectivity index (χ3v) is 6.23. The van der Waals surface area contributed by atoms with Crippen molar-refractivity contribution in [2.75, 3.05) is 6.54 Å². The van der Waals surface area contributed by atoms with Gasteiger partial charge in [0, 0.05) is 12.6 Å². The molecule has 0 radical (unpaired) electrons. The first-order valence-electron chi connectivity index (χ1n) is 6.93. The van der Waals surface area contributed by atoms with Gasteiger partial charge in [0.1, 0.15) is 0 Å². The van der Waals surface area contributed by atoms with Crippen molar-refractivity contribution in [2.45, 2.75) is 57.9 Å². The van der Waals surface area contributed by atoms with Crippen molar-refractivity contribution in [1.82, 2.24) is 4.31 Å². The summed E-state index contributed by atoms with van der Waals surface area (Å²) in [6.45, 7) is 8.44. The predicted molar refractivity (Wildman–Crippen MR) is 77.9 cm³/mol. The Kier molecular flexibility index (Phi) is 4.02. The molecule has 1 aliphatic heterocycles. The molecule has 4 heteroatoms. The summed E-state index contributed by atoms with van der Waals surface area (Å²) in [5.74, 6) is 0. The van der Waals surface area contributed by atoms with Crippen LogP contribution in [0.15, 0.2) is 17.0 Å². The fourth-order valence-corrected chi connectivity index (χ4v) is 5.23. The predicted octanol–water partition coefficient (Wildman–Crippen LogP) is 3.17. The number of benzene rings is 1. The van der Waals surface area contributed by atoms with Crippen molar-refractivity contribution in [3.8, 4) is 0 Å². The lowest BCUT2D eigenvalue weighted by Gasteiger charge is -2.33. The van der Waals surface area contributed by atoms with Gasteiger partial charge in [-0.05, 0) is 51.7 Å². The number of aryl methyl sites for hydroxylation is 3. The minimum absolute atomic E-state index is 0.110. The number of rotatable bonds is 2. The molecule has 1 aromatic rings. The highest BCUT2D eigenvalue weighted by Crippen LogP contribution is 2.29. The van der Waals surface area contributed by atoms with Gasteiger partial charge in [0.05, 0.1) is 4.90 Å². The smallest absolute Gasteiger partial charge is 0.207 e. The topological polar surface area (TPSA) is 37.4 Å². The van der Waals surface area contributed by atoms with E-state index >= 15 is 0 Å². The largest absolute Gasteiger partial charge is 0.243 e. The van der Waals surface area contributed by atoms with Gasteiger partial charge in [-0.2, -0.15) is 4.31 Å². The molecule has 2 rings (SSSR count). The van der Waals surface area contributed by atoms with Crippen LogP contribution < -0.4 is 0 Å². The Morgan fingerprint density at radius 3 is 2.21 bits per heavy atom. The molecule has 0 spiro atoms. The van der Waals surface area contributed by atoms with E-state index in [2.05, 4.69) is 0 Å². The molecule has 0 bridgehead atoms. The summed E-state index contributed by atoms with van der Waals surface area (Å²) in [6, 6.07) is 4.02. The van der Waals surface area contributed by atoms with Crippen molar-refractivity contribution in [3.63, 3.8) is 0 Å². The normalized spacial score (nSPS) is 21.6. The van der Waals surface area contributed by atoms with Crippen LogP contribution in [0.2, 0.25) is 0 Å². The zero-order valence-electron chi connectivity index (χ0n) is 12.2. The SMILES string of the molecule is Cc1cc(C)c(S(=O)(=O)N2CCCCC2C)c(C)c1. The van der Waals surface area contributed by atoms with Crippen LogP contribution in [0.1, 0.15) is 42.9 Å². The van der Waals surface area contributed by atoms with Crippen LogP contribution in [0.3, 0.4) is 0 Å². The molecule has 19 heavy (non-hydrogen) atoms. The van der Waals surface area contributed by atoms with Gasteiger partial charge in [-0.3, -0.25) is 0 Å². The van der Waals surface area contributed by atoms with E-state index in [-0.39, 0.29) is 6.04 Å². The monoisotopic (exact) mass is 281 g/mol. The summed E-state index contributed by atoms with van der Waals surface area (Å²) in [6.07, 6.45) is 3.05. The van der Waals surface area contributed by atoms with E-state index in [4.69, 9.17) is 0 Å². The summed E-state index contributed by atoms with van der Waals surface area (Å²) in [5, 5.41) is 0. The molecule has 0 amide bonds. The molecule has 1 fully saturated rings. The molecular weight excluding hydrogens is 258 g/mol. The van der Waals surface area contributed by atoms with Crippen LogP contribution in [-0.4, -0.2) is 25.3 Å². The van der Waals surface area contributed by atoms with Crippen molar-refractivity contribution in [2.24, 2.45) is 0 Å². The second-order valence-corrected chi connectivity index (χ2v) is 7.52. The van der Waals surface area contributed by atoms with Gasteiger partial charge in [0.2, 0.25) is 10.0 Å². The van der Waals surface area contributed by atoms with Gasteiger partial charge < -0.3 is 0 Å². The lowest BCUT2D eigenvalue weighted by Crippen LogP contribution is -2.42. The maximum Gasteiger partial charge on any atom is 0.243 e. The molecule has 0 saturated carbocycles. The maximum atomic E-state index is 12.9. The summed E-state index contributed by atoms with van der Waals surface area (Å²) in [5.41, 5.74) is 2.83. The van der Waals surface area contributed by atoms with Gasteiger partial charge in [-0.15, -0.1) is 0 Å². The molecule has 1 heterocycles. The minimum Gasteiger partial charge on any atom is -0.207 e. The quantitative estimate of drug-likeness (QED) is 0.835. The zero-order valence-corrected chi connectivity index (χ0v) is 13.0. The molecule has 0 N–H and O–H groups in total. The molecule has 1 aliphatic rings. The third-order valence-electron chi connectivity index (χ3n) is 3.91. The van der Waals surface area contributed by atoms with Gasteiger partial charge in [0.25, 0.3) is 0 Å². The molecule has 1 atom stereocenters. The van der Waals surface area contributed by atoms with E-state index in [0.717, 1.165) is 36.0 Å². The molecule has 1 unspecified atom stereocenters. The summed E-state index contributed by atoms with van der Waals surface area (Å²) in [4.78, 5) is 0.506. The standard InChI is InChI=1S/C15H23NO2S/c1-11-9-12(2)15(13(3)10-11)19(17,18)16-8-6-5-7-14(16)4/h9-10,14H,5-8H2,1-4H3. The number of hydrogen-bond acceptors (Lipinski definition) is 2. The number of nitrogens with zero attached hydrogens (tertiary/aromatic N) is 1. The van der Waals surface area contributed by atoms with Crippen molar-refractivity contribution in [3.05, 3.63) is 28.8 Å². The summed E-state index contributed by atoms with van der Waals surface area (Å²) >= 11 is 0. The van der Waals surface area contributed by atoms with Crippen molar-refractivity contribution >= 4 is 10.0 Å². The third kappa shape index (κ3) is 2.70. The van der Waals surface area contributed by atoms with Crippen LogP contribution in [0.4, 0.5) is 0 Å². The first-order valence-corrected chi connectivity index (χ1v) is 8.37. The fraction of sp³-hybridized carbons (Fsp3) is 0.600. The van der Waals surface area contributed by atoms with Crippen LogP contribution in [0, 0.1) is 20.8 Å². The minimum atomic E-state index is -3.36. The van der Waals surface area contributed by atoms with Gasteiger partial charge >= 0.3 is 0 Å². The molecule has 1 saturated heterocycles. The molecular formula is C15H23NO2S. The van der Waals surface area contributed by atoms with Crippen molar-refractivity contribution in [1.29, 1.82) is 0 Å². The lowest BCUT2D eigenvalue weighted by molar-refractivity contribution is 0.268. The van der Waals surface area contributed by atoms with E-state index in [1.807, 2.05) is 39.8 Å². The fourth-order valence-electron chi connectivity index (χ4n) is 3.12. The first kappa shape index (κ1) is 14.5. The maximum absolute atomic E-state index is 12.9. The number of hydrogen-bond donors (Lipinski definition) is 0. The second kappa shape index (κ2) is 5.25. The second-order valence-electron chi connectivity index (χ2n) is 5.69. The molecule has 1 aromatic carbocycles. The van der Waals surface area contributed by atoms with Crippen LogP contribution >= 0.6 is 0 Å². The average Bonchev–Trinajstić information content (AvgIpc) is 2.27. The molecule has 3 nitrogen and oxygen atoms in total. The van der Waals surface area contributed by atoms with E-state index in [1.165, 1.54) is 0 Å². The van der Waals surface area contributed by atoms with E-state index in [9.17, 15) is 8.42 Å². The molecule has 0 aliphatic carbocycles. The Labute approximate surface area is 116 Å². The Morgan fingerprint density at radius 1 is 1.11 bits per heavy atom. The summed E-state index contributed by atoms with van der Waals surface area (Å²) < 4.78 is 27.4. The van der Waals surface area contributed by atoms with E-state index in [0.29, 0.717) is 11.4 Å². The highest BCUT2D eigenvalue weighted by Gasteiger charge is 2.32. The number of sulfonamides is 1. The number of piperidine rings is 1. The van der Waals surface area contributed by atoms with Crippen LogP contribution in [0.25, 0.3) is 0 Å². The molecule has 106 valence electrons. The van der Waals surface area contributed by atoms with Gasteiger partial charge in [0.15, 0.2) is 0 Å². The van der Waals surface area contributed by atoms with E-state index in [1.54, 1.807) is 4.31 Å². The highest BCUT2D eigenvalue weighted by atomic mass is 32.2. The Balaban J connectivity index is 2.50. The molecule has 0 aromatic heterocycles. The first-order chi connectivity index (χ1) is 8.84. The lowest BCUT2D eigenvalue weighted by atomic mass is 10.1. The Bertz CT molecular complexity index is 555. The van der Waals surface area contributed by atoms with Gasteiger partial charge in [-0.25, -0.2) is 8.42 Å². The van der Waals surface area contributed by atoms with Crippen LogP contribution in [0.5, 0.6) is 0 Å². The van der Waals surface area contributed by atoms with Crippen molar-refractivity contribution < 1.29 is 8.42 Å². The Hall–Kier alpha value is -0.870. The van der Waals surface area contributed by atoms with E-state index < -0.39 is 10.0 Å². The zero-order chi connectivity index (χ0) is 14.2. The van der Waals surface area contributed by atoms with Gasteiger partial charge in [-0.1, -0.05) is 24.1 Å². The Morgan fingerprint density at radius 2 is 1.68 bits per heavy atom. The average molecular weight is 281 g/mol. The highest BCUT2D eigenvalue weighted by molar-refractivity contribution is 7.89. The summed E-state index contributed by atoms with van der Waals surface area (Å²) in [7, 11) is -3.36. The van der Waals surface area contributed by atoms with Crippen LogP contribution in [-0.2, 0) is 10.0 Å².